The van der Waals surface area contributed by atoms with Gasteiger partial charge in [-0.3, -0.25) is 14.2 Å². The number of amides is 1. The summed E-state index contributed by atoms with van der Waals surface area (Å²) in [6.07, 6.45) is 0. The van der Waals surface area contributed by atoms with E-state index in [4.69, 9.17) is 10.5 Å². The van der Waals surface area contributed by atoms with Gasteiger partial charge >= 0.3 is 0 Å². The van der Waals surface area contributed by atoms with Crippen molar-refractivity contribution >= 4 is 16.8 Å². The van der Waals surface area contributed by atoms with E-state index in [0.717, 1.165) is 10.6 Å². The van der Waals surface area contributed by atoms with Crippen LogP contribution in [0.1, 0.15) is 5.82 Å². The molecule has 0 bridgehead atoms. The molecule has 7 heteroatoms. The van der Waals surface area contributed by atoms with Crippen LogP contribution in [0.25, 0.3) is 10.9 Å². The number of carbonyl (C=O) groups excluding carboxylic acids is 1. The number of fused-ring (bicyclic) bond motifs is 1. The molecule has 1 atom stereocenters. The molecule has 0 aliphatic rings. The highest BCUT2D eigenvalue weighted by Crippen LogP contribution is 2.08. The molecule has 3 rings (SSSR count). The molecule has 1 unspecified atom stereocenters. The Morgan fingerprint density at radius 2 is 1.85 bits per heavy atom. The van der Waals surface area contributed by atoms with E-state index in [1.165, 1.54) is 4.57 Å². The molecule has 27 heavy (non-hydrogen) atoms. The van der Waals surface area contributed by atoms with Crippen molar-refractivity contribution < 1.29 is 14.4 Å². The first-order valence-electron chi connectivity index (χ1n) is 8.80. The normalized spacial score (nSPS) is 12.0. The minimum Gasteiger partial charge on any atom is -0.488 e. The smallest absolute Gasteiger partial charge is 0.262 e. The summed E-state index contributed by atoms with van der Waals surface area (Å²) in [5, 5.41) is 0.479. The lowest BCUT2D eigenvalue weighted by Gasteiger charge is -2.17. The Balaban J connectivity index is 1.76. The molecule has 7 nitrogen and oxygen atoms in total. The number of para-hydroxylation sites is 2. The first-order chi connectivity index (χ1) is 13.0. The zero-order chi connectivity index (χ0) is 19.2. The van der Waals surface area contributed by atoms with Gasteiger partial charge in [-0.25, -0.2) is 4.98 Å². The molecule has 0 aliphatic heterocycles. The third-order valence-electron chi connectivity index (χ3n) is 4.26. The fraction of sp³-hybridized carbons (Fsp3) is 0.250. The van der Waals surface area contributed by atoms with Crippen LogP contribution in [0.15, 0.2) is 59.4 Å². The molecule has 1 aromatic heterocycles. The summed E-state index contributed by atoms with van der Waals surface area (Å²) in [7, 11) is 1.99. The van der Waals surface area contributed by atoms with Crippen LogP contribution in [0.5, 0.6) is 5.75 Å². The van der Waals surface area contributed by atoms with Crippen molar-refractivity contribution in [3.05, 3.63) is 70.8 Å². The van der Waals surface area contributed by atoms with E-state index in [1.54, 1.807) is 18.2 Å². The Labute approximate surface area is 157 Å². The van der Waals surface area contributed by atoms with Crippen LogP contribution in [-0.4, -0.2) is 35.7 Å². The second-order valence-corrected chi connectivity index (χ2v) is 6.45. The maximum Gasteiger partial charge on any atom is 0.262 e. The lowest BCUT2D eigenvalue weighted by atomic mass is 10.2. The standard InChI is InChI=1S/C20H22N4O3/c1-23(11-12-27-15-7-3-2-4-8-15)14-19-22-17-10-6-5-9-16(17)20(26)24(19)13-18(21)25/h2-10H,11-14H2,1H3,(H2,21,25)/p+1. The Bertz CT molecular complexity index is 985. The zero-order valence-corrected chi connectivity index (χ0v) is 15.2. The van der Waals surface area contributed by atoms with Gasteiger partial charge < -0.3 is 15.4 Å². The summed E-state index contributed by atoms with van der Waals surface area (Å²) >= 11 is 0. The Kier molecular flexibility index (Phi) is 5.83. The van der Waals surface area contributed by atoms with Crippen LogP contribution in [0.4, 0.5) is 0 Å². The summed E-state index contributed by atoms with van der Waals surface area (Å²) in [4.78, 5) is 29.9. The van der Waals surface area contributed by atoms with Crippen molar-refractivity contribution in [3.8, 4) is 5.75 Å². The molecule has 0 aliphatic carbocycles. The minimum atomic E-state index is -0.569. The number of nitrogens with one attached hydrogen (secondary N) is 1. The van der Waals surface area contributed by atoms with Gasteiger partial charge in [-0.2, -0.15) is 0 Å². The summed E-state index contributed by atoms with van der Waals surface area (Å²) in [6.45, 7) is 1.54. The number of benzene rings is 2. The molecule has 0 saturated carbocycles. The lowest BCUT2D eigenvalue weighted by molar-refractivity contribution is -0.894. The Hall–Kier alpha value is -3.19. The van der Waals surface area contributed by atoms with Gasteiger partial charge in [-0.15, -0.1) is 0 Å². The van der Waals surface area contributed by atoms with Crippen LogP contribution in [0, 0.1) is 0 Å². The predicted molar refractivity (Wildman–Crippen MR) is 103 cm³/mol. The molecule has 3 aromatic rings. The average Bonchev–Trinajstić information content (AvgIpc) is 2.65. The molecule has 3 N–H and O–H groups in total. The van der Waals surface area contributed by atoms with Crippen LogP contribution < -0.4 is 20.9 Å². The highest BCUT2D eigenvalue weighted by atomic mass is 16.5. The highest BCUT2D eigenvalue weighted by Gasteiger charge is 2.16. The fourth-order valence-electron chi connectivity index (χ4n) is 2.89. The van der Waals surface area contributed by atoms with Gasteiger partial charge in [0.25, 0.3) is 5.56 Å². The minimum absolute atomic E-state index is 0.181. The number of hydrogen-bond acceptors (Lipinski definition) is 4. The van der Waals surface area contributed by atoms with Crippen molar-refractivity contribution in [2.45, 2.75) is 13.1 Å². The number of rotatable bonds is 8. The van der Waals surface area contributed by atoms with Crippen molar-refractivity contribution in [1.29, 1.82) is 0 Å². The lowest BCUT2D eigenvalue weighted by Crippen LogP contribution is -3.08. The molecule has 0 radical (unpaired) electrons. The molecule has 0 fully saturated rings. The number of likely N-dealkylation sites (N-methyl/N-ethyl adjacent to an activating group) is 1. The van der Waals surface area contributed by atoms with Crippen molar-refractivity contribution in [1.82, 2.24) is 9.55 Å². The van der Waals surface area contributed by atoms with Crippen LogP contribution in [0.3, 0.4) is 0 Å². The van der Waals surface area contributed by atoms with Crippen LogP contribution >= 0.6 is 0 Å². The maximum atomic E-state index is 12.7. The van der Waals surface area contributed by atoms with Crippen LogP contribution in [-0.2, 0) is 17.9 Å². The van der Waals surface area contributed by atoms with E-state index in [1.807, 2.05) is 43.4 Å². The number of aromatic nitrogens is 2. The number of nitrogens with two attached hydrogens (primary N) is 1. The van der Waals surface area contributed by atoms with Gasteiger partial charge in [-0.05, 0) is 24.3 Å². The van der Waals surface area contributed by atoms with Crippen molar-refractivity contribution in [2.75, 3.05) is 20.2 Å². The molecule has 1 heterocycles. The van der Waals surface area contributed by atoms with Gasteiger partial charge in [0.05, 0.1) is 18.0 Å². The van der Waals surface area contributed by atoms with E-state index in [0.29, 0.717) is 36.4 Å². The first-order valence-corrected chi connectivity index (χ1v) is 8.80. The number of ether oxygens (including phenoxy) is 1. The summed E-state index contributed by atoms with van der Waals surface area (Å²) < 4.78 is 7.09. The number of hydrogen-bond donors (Lipinski definition) is 2. The van der Waals surface area contributed by atoms with Crippen LogP contribution in [0.2, 0.25) is 0 Å². The quantitative estimate of drug-likeness (QED) is 0.585. The second-order valence-electron chi connectivity index (χ2n) is 6.45. The molecule has 1 amide bonds. The van der Waals surface area contributed by atoms with Gasteiger partial charge in [0.1, 0.15) is 32.0 Å². The average molecular weight is 367 g/mol. The highest BCUT2D eigenvalue weighted by molar-refractivity contribution is 5.78. The second kappa shape index (κ2) is 8.46. The molecule has 140 valence electrons. The first kappa shape index (κ1) is 18.6. The van der Waals surface area contributed by atoms with Crippen molar-refractivity contribution in [3.63, 3.8) is 0 Å². The summed E-state index contributed by atoms with van der Waals surface area (Å²) in [6, 6.07) is 16.7. The molecule has 0 spiro atoms. The molecule has 0 saturated heterocycles. The predicted octanol–water partition coefficient (Wildman–Crippen LogP) is -0.0245. The number of carbonyl (C=O) groups is 1. The topological polar surface area (TPSA) is 91.7 Å². The van der Waals surface area contributed by atoms with Gasteiger partial charge in [0.2, 0.25) is 5.91 Å². The number of nitrogens with zero attached hydrogens (tertiary/aromatic N) is 2. The summed E-state index contributed by atoms with van der Waals surface area (Å²) in [5.41, 5.74) is 5.70. The number of quaternary nitrogens is 1. The largest absolute Gasteiger partial charge is 0.488 e. The van der Waals surface area contributed by atoms with Crippen molar-refractivity contribution in [2.24, 2.45) is 5.73 Å². The SMILES string of the molecule is C[NH+](CCOc1ccccc1)Cc1nc2ccccc2c(=O)n1CC(N)=O. The third kappa shape index (κ3) is 4.71. The fourth-order valence-corrected chi connectivity index (χ4v) is 2.89. The third-order valence-corrected chi connectivity index (χ3v) is 4.26. The molecular formula is C20H23N4O3+. The molecular weight excluding hydrogens is 344 g/mol. The molecule has 2 aromatic carbocycles. The zero-order valence-electron chi connectivity index (χ0n) is 15.2. The van der Waals surface area contributed by atoms with Gasteiger partial charge in [0.15, 0.2) is 5.82 Å². The van der Waals surface area contributed by atoms with E-state index in [9.17, 15) is 9.59 Å². The van der Waals surface area contributed by atoms with E-state index < -0.39 is 5.91 Å². The van der Waals surface area contributed by atoms with Gasteiger partial charge in [0, 0.05) is 0 Å². The van der Waals surface area contributed by atoms with E-state index in [2.05, 4.69) is 4.98 Å². The van der Waals surface area contributed by atoms with Gasteiger partial charge in [-0.1, -0.05) is 30.3 Å². The Morgan fingerprint density at radius 3 is 2.59 bits per heavy atom. The Morgan fingerprint density at radius 1 is 1.15 bits per heavy atom. The monoisotopic (exact) mass is 367 g/mol. The summed E-state index contributed by atoms with van der Waals surface area (Å²) in [5.74, 6) is 0.787. The number of primary amides is 1. The van der Waals surface area contributed by atoms with E-state index in [-0.39, 0.29) is 12.1 Å². The van der Waals surface area contributed by atoms with E-state index >= 15 is 0 Å². The maximum absolute atomic E-state index is 12.7.